The van der Waals surface area contributed by atoms with Gasteiger partial charge in [-0.1, -0.05) is 112 Å². The third-order valence-electron chi connectivity index (χ3n) is 5.20. The minimum atomic E-state index is 0.288. The summed E-state index contributed by atoms with van der Waals surface area (Å²) in [6.07, 6.45) is 17.0. The summed E-state index contributed by atoms with van der Waals surface area (Å²) in [6.45, 7) is 16.9. The Bertz CT molecular complexity index is 718. The maximum absolute atomic E-state index is 10.1. The molecule has 0 aliphatic heterocycles. The second kappa shape index (κ2) is 25.1. The number of phenols is 1. The summed E-state index contributed by atoms with van der Waals surface area (Å²) >= 11 is 0. The zero-order chi connectivity index (χ0) is 26.0. The summed E-state index contributed by atoms with van der Waals surface area (Å²) in [5.41, 5.74) is 3.52. The summed E-state index contributed by atoms with van der Waals surface area (Å²) in [5, 5.41) is 17.1. The molecular formula is C32H50O2. The first-order valence-corrected chi connectivity index (χ1v) is 12.7. The number of aryl methyl sites for hydroxylation is 1. The number of benzene rings is 2. The highest BCUT2D eigenvalue weighted by Gasteiger charge is 2.16. The fourth-order valence-corrected chi connectivity index (χ4v) is 2.91. The van der Waals surface area contributed by atoms with Crippen LogP contribution in [-0.2, 0) is 0 Å². The van der Waals surface area contributed by atoms with Crippen molar-refractivity contribution in [2.45, 2.75) is 84.5 Å². The SMILES string of the molecule is C1CCC1.C=CCC.C=CCCC=C.CCCC(c1ccccc1)c1cc(C)ccc1O.CO. The zero-order valence-corrected chi connectivity index (χ0v) is 22.3. The number of allylic oxidation sites excluding steroid dienone is 3. The minimum Gasteiger partial charge on any atom is -0.508 e. The van der Waals surface area contributed by atoms with Gasteiger partial charge in [-0.25, -0.2) is 0 Å². The van der Waals surface area contributed by atoms with Crippen molar-refractivity contribution in [3.63, 3.8) is 0 Å². The van der Waals surface area contributed by atoms with Gasteiger partial charge in [0.25, 0.3) is 0 Å². The Morgan fingerprint density at radius 3 is 1.71 bits per heavy atom. The van der Waals surface area contributed by atoms with E-state index in [0.29, 0.717) is 5.75 Å². The predicted molar refractivity (Wildman–Crippen MR) is 153 cm³/mol. The molecule has 1 aliphatic rings. The Morgan fingerprint density at radius 1 is 0.824 bits per heavy atom. The zero-order valence-electron chi connectivity index (χ0n) is 22.3. The van der Waals surface area contributed by atoms with Crippen LogP contribution in [0.5, 0.6) is 5.75 Å². The number of hydrogen-bond donors (Lipinski definition) is 2. The number of aliphatic hydroxyl groups excluding tert-OH is 1. The lowest BCUT2D eigenvalue weighted by Crippen LogP contribution is -2.01. The first-order valence-electron chi connectivity index (χ1n) is 12.7. The molecule has 0 spiro atoms. The average Bonchev–Trinajstić information content (AvgIpc) is 2.84. The number of aromatic hydroxyl groups is 1. The topological polar surface area (TPSA) is 40.5 Å². The summed E-state index contributed by atoms with van der Waals surface area (Å²) < 4.78 is 0. The van der Waals surface area contributed by atoms with Gasteiger partial charge in [-0.05, 0) is 44.2 Å². The quantitative estimate of drug-likeness (QED) is 0.300. The highest BCUT2D eigenvalue weighted by atomic mass is 16.3. The smallest absolute Gasteiger partial charge is 0.119 e. The molecule has 2 nitrogen and oxygen atoms in total. The Hall–Kier alpha value is -2.58. The van der Waals surface area contributed by atoms with Crippen LogP contribution in [0.4, 0.5) is 0 Å². The van der Waals surface area contributed by atoms with E-state index in [1.54, 1.807) is 6.07 Å². The molecule has 1 unspecified atom stereocenters. The number of hydrogen-bond acceptors (Lipinski definition) is 2. The maximum Gasteiger partial charge on any atom is 0.119 e. The molecule has 1 saturated carbocycles. The molecule has 1 atom stereocenters. The van der Waals surface area contributed by atoms with Crippen LogP contribution in [0.3, 0.4) is 0 Å². The molecule has 0 amide bonds. The molecule has 0 radical (unpaired) electrons. The molecule has 1 fully saturated rings. The van der Waals surface area contributed by atoms with E-state index in [1.807, 2.05) is 30.4 Å². The van der Waals surface area contributed by atoms with Gasteiger partial charge in [0, 0.05) is 18.6 Å². The van der Waals surface area contributed by atoms with Gasteiger partial charge < -0.3 is 10.2 Å². The summed E-state index contributed by atoms with van der Waals surface area (Å²) in [4.78, 5) is 0. The number of aliphatic hydroxyl groups is 1. The van der Waals surface area contributed by atoms with E-state index in [1.165, 1.54) is 36.8 Å². The molecular weight excluding hydrogens is 416 g/mol. The first kappa shape index (κ1) is 33.6. The molecule has 2 aromatic carbocycles. The van der Waals surface area contributed by atoms with E-state index in [2.05, 4.69) is 70.8 Å². The average molecular weight is 467 g/mol. The van der Waals surface area contributed by atoms with Gasteiger partial charge >= 0.3 is 0 Å². The van der Waals surface area contributed by atoms with Crippen LogP contribution in [0.15, 0.2) is 86.5 Å². The lowest BCUT2D eigenvalue weighted by molar-refractivity contribution is 0.399. The van der Waals surface area contributed by atoms with Crippen LogP contribution < -0.4 is 0 Å². The van der Waals surface area contributed by atoms with Crippen molar-refractivity contribution in [1.29, 1.82) is 0 Å². The van der Waals surface area contributed by atoms with Crippen LogP contribution in [0.1, 0.15) is 94.2 Å². The van der Waals surface area contributed by atoms with Crippen LogP contribution in [-0.4, -0.2) is 17.3 Å². The molecule has 34 heavy (non-hydrogen) atoms. The van der Waals surface area contributed by atoms with E-state index in [-0.39, 0.29) is 5.92 Å². The number of phenolic OH excluding ortho intramolecular Hbond substituents is 1. The fourth-order valence-electron chi connectivity index (χ4n) is 2.91. The number of rotatable bonds is 8. The molecule has 3 rings (SSSR count). The lowest BCUT2D eigenvalue weighted by atomic mass is 9.86. The predicted octanol–water partition coefficient (Wildman–Crippen LogP) is 9.52. The molecule has 0 saturated heterocycles. The molecule has 0 heterocycles. The summed E-state index contributed by atoms with van der Waals surface area (Å²) in [5.74, 6) is 0.694. The molecule has 2 heteroatoms. The first-order chi connectivity index (χ1) is 16.5. The van der Waals surface area contributed by atoms with Crippen LogP contribution in [0.25, 0.3) is 0 Å². The molecule has 0 aromatic heterocycles. The van der Waals surface area contributed by atoms with Gasteiger partial charge in [0.05, 0.1) is 0 Å². The lowest BCUT2D eigenvalue weighted by Gasteiger charge is -2.19. The normalized spacial score (nSPS) is 11.6. The molecule has 0 bridgehead atoms. The molecule has 190 valence electrons. The third kappa shape index (κ3) is 17.0. The van der Waals surface area contributed by atoms with Crippen molar-refractivity contribution in [2.24, 2.45) is 0 Å². The summed E-state index contributed by atoms with van der Waals surface area (Å²) in [7, 11) is 1.00. The van der Waals surface area contributed by atoms with Gasteiger partial charge in [0.15, 0.2) is 0 Å². The second-order valence-electron chi connectivity index (χ2n) is 8.08. The highest BCUT2D eigenvalue weighted by molar-refractivity contribution is 5.43. The maximum atomic E-state index is 10.1. The van der Waals surface area contributed by atoms with E-state index >= 15 is 0 Å². The number of unbranched alkanes of at least 4 members (excludes halogenated alkanes) is 1. The van der Waals surface area contributed by atoms with Crippen molar-refractivity contribution >= 4 is 0 Å². The van der Waals surface area contributed by atoms with Crippen molar-refractivity contribution < 1.29 is 10.2 Å². The van der Waals surface area contributed by atoms with Gasteiger partial charge in [-0.2, -0.15) is 0 Å². The van der Waals surface area contributed by atoms with Crippen LogP contribution in [0.2, 0.25) is 0 Å². The molecule has 2 N–H and O–H groups in total. The molecule has 1 aliphatic carbocycles. The summed E-state index contributed by atoms with van der Waals surface area (Å²) in [6, 6.07) is 16.3. The van der Waals surface area contributed by atoms with Crippen LogP contribution >= 0.6 is 0 Å². The third-order valence-corrected chi connectivity index (χ3v) is 5.20. The van der Waals surface area contributed by atoms with E-state index in [9.17, 15) is 5.11 Å². The monoisotopic (exact) mass is 466 g/mol. The van der Waals surface area contributed by atoms with E-state index < -0.39 is 0 Å². The largest absolute Gasteiger partial charge is 0.508 e. The van der Waals surface area contributed by atoms with Crippen molar-refractivity contribution in [2.75, 3.05) is 7.11 Å². The van der Waals surface area contributed by atoms with Gasteiger partial charge in [-0.15, -0.1) is 19.7 Å². The van der Waals surface area contributed by atoms with E-state index in [0.717, 1.165) is 44.8 Å². The standard InChI is InChI=1S/C17H20O.C6H10.2C4H8.CH4O/c1-3-7-15(14-8-5-4-6-9-14)16-12-13(2)10-11-17(16)18;1-3-5-6-4-2;1-2-4-3-1;1-3-4-2;1-2/h4-6,8-12,15,18H,3,7H2,1-2H3;3-4H,1-2,5-6H2;1-4H2;3H,1,4H2,2H3;2H,1H3. The van der Waals surface area contributed by atoms with Crippen molar-refractivity contribution in [3.8, 4) is 5.75 Å². The fraction of sp³-hybridized carbons (Fsp3) is 0.438. The molecule has 2 aromatic rings. The Labute approximate surface area is 210 Å². The minimum absolute atomic E-state index is 0.288. The second-order valence-corrected chi connectivity index (χ2v) is 8.08. The highest BCUT2D eigenvalue weighted by Crippen LogP contribution is 2.35. The van der Waals surface area contributed by atoms with Crippen molar-refractivity contribution in [1.82, 2.24) is 0 Å². The van der Waals surface area contributed by atoms with Gasteiger partial charge in [0.1, 0.15) is 5.75 Å². The van der Waals surface area contributed by atoms with E-state index in [4.69, 9.17) is 5.11 Å². The van der Waals surface area contributed by atoms with Gasteiger partial charge in [-0.3, -0.25) is 0 Å². The Balaban J connectivity index is 0. The Morgan fingerprint density at radius 2 is 1.32 bits per heavy atom. The van der Waals surface area contributed by atoms with Crippen molar-refractivity contribution in [3.05, 3.63) is 103 Å². The Kier molecular flexibility index (Phi) is 24.8. The van der Waals surface area contributed by atoms with Gasteiger partial charge in [0.2, 0.25) is 0 Å². The van der Waals surface area contributed by atoms with Crippen LogP contribution in [0, 0.1) is 6.92 Å².